The van der Waals surface area contributed by atoms with Crippen molar-refractivity contribution in [3.8, 4) is 0 Å². The molecule has 0 aromatic rings. The molecule has 2 rings (SSSR count). The first kappa shape index (κ1) is 10.5. The molecular formula is C11H18N2O2. The summed E-state index contributed by atoms with van der Waals surface area (Å²) in [7, 11) is 0. The molecule has 1 saturated carbocycles. The number of hydrogen-bond acceptors (Lipinski definition) is 2. The van der Waals surface area contributed by atoms with E-state index in [1.54, 1.807) is 0 Å². The molecule has 1 unspecified atom stereocenters. The van der Waals surface area contributed by atoms with Crippen LogP contribution in [0.2, 0.25) is 0 Å². The first-order valence-corrected chi connectivity index (χ1v) is 5.66. The summed E-state index contributed by atoms with van der Waals surface area (Å²) in [6.45, 7) is 2.98. The first-order valence-electron chi connectivity index (χ1n) is 5.66. The Kier molecular flexibility index (Phi) is 2.67. The predicted molar refractivity (Wildman–Crippen MR) is 56.1 cm³/mol. The summed E-state index contributed by atoms with van der Waals surface area (Å²) < 4.78 is 0. The molecule has 1 atom stereocenters. The van der Waals surface area contributed by atoms with Crippen molar-refractivity contribution in [3.63, 3.8) is 0 Å². The van der Waals surface area contributed by atoms with Gasteiger partial charge in [0.25, 0.3) is 0 Å². The highest BCUT2D eigenvalue weighted by Crippen LogP contribution is 2.47. The van der Waals surface area contributed by atoms with E-state index in [4.69, 9.17) is 0 Å². The van der Waals surface area contributed by atoms with Gasteiger partial charge in [-0.15, -0.1) is 0 Å². The van der Waals surface area contributed by atoms with E-state index >= 15 is 0 Å². The maximum atomic E-state index is 11.6. The van der Waals surface area contributed by atoms with E-state index in [9.17, 15) is 9.59 Å². The van der Waals surface area contributed by atoms with E-state index in [0.717, 1.165) is 13.0 Å². The molecule has 2 N–H and O–H groups in total. The zero-order chi connectivity index (χ0) is 10.9. The molecule has 0 aromatic heterocycles. The molecule has 0 spiro atoms. The number of nitrogens with one attached hydrogen (secondary N) is 2. The van der Waals surface area contributed by atoms with Crippen LogP contribution in [0.3, 0.4) is 0 Å². The normalized spacial score (nSPS) is 27.3. The van der Waals surface area contributed by atoms with Gasteiger partial charge in [0.2, 0.25) is 11.8 Å². The lowest BCUT2D eigenvalue weighted by atomic mass is 10.1. The maximum Gasteiger partial charge on any atom is 0.242 e. The van der Waals surface area contributed by atoms with E-state index in [1.165, 1.54) is 12.8 Å². The Balaban J connectivity index is 1.66. The molecule has 1 saturated heterocycles. The van der Waals surface area contributed by atoms with Gasteiger partial charge in [-0.05, 0) is 31.1 Å². The van der Waals surface area contributed by atoms with Gasteiger partial charge in [0, 0.05) is 13.0 Å². The van der Waals surface area contributed by atoms with Gasteiger partial charge in [-0.2, -0.15) is 0 Å². The second-order valence-corrected chi connectivity index (χ2v) is 5.01. The average molecular weight is 210 g/mol. The van der Waals surface area contributed by atoms with Crippen LogP contribution >= 0.6 is 0 Å². The van der Waals surface area contributed by atoms with E-state index in [1.807, 2.05) is 0 Å². The van der Waals surface area contributed by atoms with Crippen molar-refractivity contribution >= 4 is 11.8 Å². The lowest BCUT2D eigenvalue weighted by Gasteiger charge is -2.12. The topological polar surface area (TPSA) is 58.2 Å². The molecule has 4 heteroatoms. The minimum absolute atomic E-state index is 0.00990. The Labute approximate surface area is 89.8 Å². The molecule has 4 nitrogen and oxygen atoms in total. The van der Waals surface area contributed by atoms with Crippen molar-refractivity contribution in [2.24, 2.45) is 5.41 Å². The summed E-state index contributed by atoms with van der Waals surface area (Å²) in [4.78, 5) is 22.5. The highest BCUT2D eigenvalue weighted by atomic mass is 16.2. The van der Waals surface area contributed by atoms with E-state index in [-0.39, 0.29) is 17.9 Å². The fourth-order valence-electron chi connectivity index (χ4n) is 1.88. The second-order valence-electron chi connectivity index (χ2n) is 5.01. The highest BCUT2D eigenvalue weighted by Gasteiger charge is 2.36. The minimum atomic E-state index is -0.287. The monoisotopic (exact) mass is 210 g/mol. The summed E-state index contributed by atoms with van der Waals surface area (Å²) in [6.07, 6.45) is 4.74. The lowest BCUT2D eigenvalue weighted by Crippen LogP contribution is -2.42. The number of carbonyl (C=O) groups excluding carboxylic acids is 2. The van der Waals surface area contributed by atoms with Gasteiger partial charge in [-0.25, -0.2) is 0 Å². The van der Waals surface area contributed by atoms with Crippen LogP contribution in [0.15, 0.2) is 0 Å². The van der Waals surface area contributed by atoms with Crippen molar-refractivity contribution in [2.75, 3.05) is 6.54 Å². The summed E-state index contributed by atoms with van der Waals surface area (Å²) >= 11 is 0. The Bertz CT molecular complexity index is 284. The van der Waals surface area contributed by atoms with Crippen molar-refractivity contribution in [1.82, 2.24) is 10.6 Å². The van der Waals surface area contributed by atoms with Crippen LogP contribution in [-0.4, -0.2) is 24.4 Å². The number of amides is 2. The molecule has 0 radical (unpaired) electrons. The molecular weight excluding hydrogens is 192 g/mol. The molecule has 2 fully saturated rings. The molecule has 1 aliphatic carbocycles. The maximum absolute atomic E-state index is 11.6. The van der Waals surface area contributed by atoms with Crippen LogP contribution in [-0.2, 0) is 9.59 Å². The van der Waals surface area contributed by atoms with E-state index < -0.39 is 0 Å². The molecule has 2 amide bonds. The van der Waals surface area contributed by atoms with Gasteiger partial charge < -0.3 is 10.6 Å². The largest absolute Gasteiger partial charge is 0.354 e. The second kappa shape index (κ2) is 3.83. The van der Waals surface area contributed by atoms with Crippen molar-refractivity contribution in [3.05, 3.63) is 0 Å². The molecule has 0 aromatic carbocycles. The van der Waals surface area contributed by atoms with Crippen LogP contribution in [0.5, 0.6) is 0 Å². The first-order chi connectivity index (χ1) is 7.09. The van der Waals surface area contributed by atoms with E-state index in [2.05, 4.69) is 17.6 Å². The fourth-order valence-corrected chi connectivity index (χ4v) is 1.88. The van der Waals surface area contributed by atoms with E-state index in [0.29, 0.717) is 18.3 Å². The SMILES string of the molecule is CC1(CCNC(=O)C2CCC(=O)N2)CC1. The predicted octanol–water partition coefficient (Wildman–Crippen LogP) is 0.571. The average Bonchev–Trinajstić information content (AvgIpc) is 2.76. The zero-order valence-corrected chi connectivity index (χ0v) is 9.14. The van der Waals surface area contributed by atoms with Gasteiger partial charge in [0.1, 0.15) is 6.04 Å². The van der Waals surface area contributed by atoms with Crippen LogP contribution < -0.4 is 10.6 Å². The van der Waals surface area contributed by atoms with Gasteiger partial charge in [0.15, 0.2) is 0 Å². The Morgan fingerprint density at radius 1 is 1.60 bits per heavy atom. The van der Waals surface area contributed by atoms with Crippen molar-refractivity contribution < 1.29 is 9.59 Å². The zero-order valence-electron chi connectivity index (χ0n) is 9.14. The third-order valence-corrected chi connectivity index (χ3v) is 3.44. The molecule has 1 heterocycles. The van der Waals surface area contributed by atoms with Crippen LogP contribution in [0.25, 0.3) is 0 Å². The summed E-state index contributed by atoms with van der Waals surface area (Å²) in [6, 6.07) is -0.287. The van der Waals surface area contributed by atoms with Gasteiger partial charge in [-0.1, -0.05) is 6.92 Å². The van der Waals surface area contributed by atoms with Gasteiger partial charge in [0.05, 0.1) is 0 Å². The summed E-state index contributed by atoms with van der Waals surface area (Å²) in [5.74, 6) is -0.0330. The molecule has 84 valence electrons. The molecule has 0 bridgehead atoms. The quantitative estimate of drug-likeness (QED) is 0.712. The molecule has 15 heavy (non-hydrogen) atoms. The van der Waals surface area contributed by atoms with Crippen molar-refractivity contribution in [2.45, 2.75) is 45.1 Å². The Hall–Kier alpha value is -1.06. The van der Waals surface area contributed by atoms with Crippen molar-refractivity contribution in [1.29, 1.82) is 0 Å². The standard InChI is InChI=1S/C11H18N2O2/c1-11(4-5-11)6-7-12-10(15)8-2-3-9(14)13-8/h8H,2-7H2,1H3,(H,12,15)(H,13,14). The highest BCUT2D eigenvalue weighted by molar-refractivity contribution is 5.90. The minimum Gasteiger partial charge on any atom is -0.354 e. The number of hydrogen-bond donors (Lipinski definition) is 2. The fraction of sp³-hybridized carbons (Fsp3) is 0.818. The summed E-state index contributed by atoms with van der Waals surface area (Å²) in [5.41, 5.74) is 0.478. The number of rotatable bonds is 4. The molecule has 2 aliphatic rings. The Morgan fingerprint density at radius 2 is 2.33 bits per heavy atom. The third kappa shape index (κ3) is 2.70. The summed E-state index contributed by atoms with van der Waals surface area (Å²) in [5, 5.41) is 5.55. The lowest BCUT2D eigenvalue weighted by molar-refractivity contribution is -0.125. The molecule has 1 aliphatic heterocycles. The third-order valence-electron chi connectivity index (χ3n) is 3.44. The van der Waals surface area contributed by atoms with Gasteiger partial charge >= 0.3 is 0 Å². The van der Waals surface area contributed by atoms with Gasteiger partial charge in [-0.3, -0.25) is 9.59 Å². The van der Waals surface area contributed by atoms with Crippen LogP contribution in [0, 0.1) is 5.41 Å². The van der Waals surface area contributed by atoms with Crippen LogP contribution in [0.1, 0.15) is 39.0 Å². The Morgan fingerprint density at radius 3 is 2.87 bits per heavy atom. The van der Waals surface area contributed by atoms with Crippen LogP contribution in [0.4, 0.5) is 0 Å². The number of carbonyl (C=O) groups is 2. The smallest absolute Gasteiger partial charge is 0.242 e.